The summed E-state index contributed by atoms with van der Waals surface area (Å²) in [6.07, 6.45) is -1.50. The van der Waals surface area contributed by atoms with Crippen molar-refractivity contribution in [1.82, 2.24) is 0 Å². The summed E-state index contributed by atoms with van der Waals surface area (Å²) >= 11 is 11.8. The molecule has 0 saturated heterocycles. The summed E-state index contributed by atoms with van der Waals surface area (Å²) in [7, 11) is 0. The number of carboxylic acid groups (broad SMARTS) is 1. The van der Waals surface area contributed by atoms with Crippen molar-refractivity contribution >= 4 is 35.0 Å². The zero-order chi connectivity index (χ0) is 13.0. The predicted octanol–water partition coefficient (Wildman–Crippen LogP) is 3.25. The van der Waals surface area contributed by atoms with Gasteiger partial charge in [0.25, 0.3) is 0 Å². The average molecular weight is 278 g/mol. The Balaban J connectivity index is 3.10. The first-order valence-electron chi connectivity index (χ1n) is 5.09. The number of anilines is 1. The van der Waals surface area contributed by atoms with Gasteiger partial charge in [-0.15, -0.1) is 0 Å². The van der Waals surface area contributed by atoms with Crippen molar-refractivity contribution in [2.45, 2.75) is 19.4 Å². The van der Waals surface area contributed by atoms with Gasteiger partial charge in [0, 0.05) is 0 Å². The molecule has 6 heteroatoms. The molecule has 2 N–H and O–H groups in total. The zero-order valence-electron chi connectivity index (χ0n) is 9.23. The molecule has 0 bridgehead atoms. The van der Waals surface area contributed by atoms with Crippen molar-refractivity contribution in [3.63, 3.8) is 0 Å². The van der Waals surface area contributed by atoms with Gasteiger partial charge in [0.15, 0.2) is 0 Å². The van der Waals surface area contributed by atoms with Crippen LogP contribution in [0.3, 0.4) is 0 Å². The highest BCUT2D eigenvalue weighted by molar-refractivity contribution is 6.39. The van der Waals surface area contributed by atoms with E-state index in [0.717, 1.165) is 4.90 Å². The van der Waals surface area contributed by atoms with Gasteiger partial charge in [0.2, 0.25) is 0 Å². The van der Waals surface area contributed by atoms with Gasteiger partial charge in [-0.2, -0.15) is 0 Å². The van der Waals surface area contributed by atoms with Crippen LogP contribution in [-0.2, 0) is 0 Å². The van der Waals surface area contributed by atoms with Crippen molar-refractivity contribution in [1.29, 1.82) is 0 Å². The molecule has 0 spiro atoms. The lowest BCUT2D eigenvalue weighted by Gasteiger charge is -2.23. The zero-order valence-corrected chi connectivity index (χ0v) is 10.7. The predicted molar refractivity (Wildman–Crippen MR) is 68.1 cm³/mol. The second-order valence-corrected chi connectivity index (χ2v) is 4.34. The molecule has 4 nitrogen and oxygen atoms in total. The molecule has 0 fully saturated rings. The summed E-state index contributed by atoms with van der Waals surface area (Å²) in [5.74, 6) is 0. The van der Waals surface area contributed by atoms with Gasteiger partial charge in [-0.05, 0) is 18.6 Å². The first-order chi connectivity index (χ1) is 7.97. The van der Waals surface area contributed by atoms with Crippen LogP contribution in [0.5, 0.6) is 0 Å². The third-order valence-electron chi connectivity index (χ3n) is 2.30. The van der Waals surface area contributed by atoms with Crippen LogP contribution >= 0.6 is 23.2 Å². The minimum Gasteiger partial charge on any atom is -0.465 e. The fourth-order valence-corrected chi connectivity index (χ4v) is 1.95. The Kier molecular flexibility index (Phi) is 5.05. The Morgan fingerprint density at radius 3 is 2.35 bits per heavy atom. The van der Waals surface area contributed by atoms with E-state index in [0.29, 0.717) is 6.42 Å². The van der Waals surface area contributed by atoms with Gasteiger partial charge in [-0.1, -0.05) is 36.2 Å². The Labute approximate surface area is 109 Å². The van der Waals surface area contributed by atoms with E-state index in [1.54, 1.807) is 25.1 Å². The highest BCUT2D eigenvalue weighted by Gasteiger charge is 2.22. The van der Waals surface area contributed by atoms with Crippen LogP contribution in [0.1, 0.15) is 13.3 Å². The first kappa shape index (κ1) is 14.1. The summed E-state index contributed by atoms with van der Waals surface area (Å²) in [5, 5.41) is 19.1. The number of carbonyl (C=O) groups is 1. The van der Waals surface area contributed by atoms with Crippen molar-refractivity contribution in [3.05, 3.63) is 28.2 Å². The highest BCUT2D eigenvalue weighted by Crippen LogP contribution is 2.33. The van der Waals surface area contributed by atoms with Crippen molar-refractivity contribution < 1.29 is 15.0 Å². The standard InChI is InChI=1S/C11H13Cl2NO3/c1-2-7(15)6-14(11(16)17)10-8(12)4-3-5-9(10)13/h3-5,7,15H,2,6H2,1H3,(H,16,17)/t7-/m0/s1. The maximum absolute atomic E-state index is 11.2. The Bertz CT molecular complexity index is 391. The molecule has 0 aliphatic carbocycles. The number of hydrogen-bond acceptors (Lipinski definition) is 2. The van der Waals surface area contributed by atoms with Crippen LogP contribution in [0.4, 0.5) is 10.5 Å². The average Bonchev–Trinajstić information content (AvgIpc) is 2.26. The van der Waals surface area contributed by atoms with Gasteiger partial charge in [0.1, 0.15) is 0 Å². The number of rotatable bonds is 4. The molecule has 17 heavy (non-hydrogen) atoms. The molecule has 1 aromatic rings. The number of benzene rings is 1. The number of hydrogen-bond donors (Lipinski definition) is 2. The molecule has 0 radical (unpaired) electrons. The van der Waals surface area contributed by atoms with Crippen LogP contribution in [0.2, 0.25) is 10.0 Å². The molecule has 0 heterocycles. The molecule has 0 saturated carbocycles. The topological polar surface area (TPSA) is 60.8 Å². The second-order valence-electron chi connectivity index (χ2n) is 3.53. The summed E-state index contributed by atoms with van der Waals surface area (Å²) < 4.78 is 0. The molecule has 0 aliphatic heterocycles. The van der Waals surface area contributed by atoms with Crippen molar-refractivity contribution in [3.8, 4) is 0 Å². The smallest absolute Gasteiger partial charge is 0.411 e. The quantitative estimate of drug-likeness (QED) is 0.888. The largest absolute Gasteiger partial charge is 0.465 e. The highest BCUT2D eigenvalue weighted by atomic mass is 35.5. The SMILES string of the molecule is CC[C@H](O)CN(C(=O)O)c1c(Cl)cccc1Cl. The van der Waals surface area contributed by atoms with Gasteiger partial charge in [0.05, 0.1) is 28.4 Å². The van der Waals surface area contributed by atoms with Crippen LogP contribution < -0.4 is 4.90 Å². The van der Waals surface area contributed by atoms with Crippen LogP contribution in [-0.4, -0.2) is 29.0 Å². The van der Waals surface area contributed by atoms with Crippen LogP contribution in [0.25, 0.3) is 0 Å². The summed E-state index contributed by atoms with van der Waals surface area (Å²) in [6, 6.07) is 4.73. The molecule has 94 valence electrons. The van der Waals surface area contributed by atoms with E-state index >= 15 is 0 Å². The molecule has 0 aromatic heterocycles. The number of nitrogens with zero attached hydrogens (tertiary/aromatic N) is 1. The van der Waals surface area contributed by atoms with E-state index in [9.17, 15) is 9.90 Å². The Hall–Kier alpha value is -0.970. The van der Waals surface area contributed by atoms with E-state index in [4.69, 9.17) is 28.3 Å². The number of halogens is 2. The molecule has 1 atom stereocenters. The maximum atomic E-state index is 11.2. The molecule has 0 aliphatic rings. The minimum atomic E-state index is -1.20. The number of amides is 1. The molecular weight excluding hydrogens is 265 g/mol. The van der Waals surface area contributed by atoms with Crippen molar-refractivity contribution in [2.75, 3.05) is 11.4 Å². The van der Waals surface area contributed by atoms with Gasteiger partial charge >= 0.3 is 6.09 Å². The number of aliphatic hydroxyl groups excluding tert-OH is 1. The van der Waals surface area contributed by atoms with Crippen LogP contribution in [0.15, 0.2) is 18.2 Å². The molecule has 1 rings (SSSR count). The van der Waals surface area contributed by atoms with Gasteiger partial charge < -0.3 is 10.2 Å². The van der Waals surface area contributed by atoms with E-state index in [1.165, 1.54) is 0 Å². The summed E-state index contributed by atoms with van der Waals surface area (Å²) in [5.41, 5.74) is 0.204. The van der Waals surface area contributed by atoms with Crippen LogP contribution in [0, 0.1) is 0 Å². The van der Waals surface area contributed by atoms with E-state index < -0.39 is 12.2 Å². The van der Waals surface area contributed by atoms with E-state index in [2.05, 4.69) is 0 Å². The molecule has 0 unspecified atom stereocenters. The number of aliphatic hydroxyl groups is 1. The van der Waals surface area contributed by atoms with Gasteiger partial charge in [-0.3, -0.25) is 4.90 Å². The summed E-state index contributed by atoms with van der Waals surface area (Å²) in [6.45, 7) is 1.70. The molecule has 1 aromatic carbocycles. The fourth-order valence-electron chi connectivity index (χ4n) is 1.35. The van der Waals surface area contributed by atoms with E-state index in [1.807, 2.05) is 0 Å². The van der Waals surface area contributed by atoms with Gasteiger partial charge in [-0.25, -0.2) is 4.79 Å². The Morgan fingerprint density at radius 2 is 1.94 bits per heavy atom. The third-order valence-corrected chi connectivity index (χ3v) is 2.91. The normalized spacial score (nSPS) is 12.2. The van der Waals surface area contributed by atoms with E-state index in [-0.39, 0.29) is 22.3 Å². The lowest BCUT2D eigenvalue weighted by atomic mass is 10.2. The molecular formula is C11H13Cl2NO3. The Morgan fingerprint density at radius 1 is 1.41 bits per heavy atom. The first-order valence-corrected chi connectivity index (χ1v) is 5.85. The lowest BCUT2D eigenvalue weighted by Crippen LogP contribution is -2.36. The fraction of sp³-hybridized carbons (Fsp3) is 0.364. The monoisotopic (exact) mass is 277 g/mol. The summed E-state index contributed by atoms with van der Waals surface area (Å²) in [4.78, 5) is 12.1. The minimum absolute atomic E-state index is 0.0602. The lowest BCUT2D eigenvalue weighted by molar-refractivity contribution is 0.165. The second kappa shape index (κ2) is 6.10. The van der Waals surface area contributed by atoms with Crippen molar-refractivity contribution in [2.24, 2.45) is 0 Å². The third kappa shape index (κ3) is 3.49. The molecule has 1 amide bonds. The maximum Gasteiger partial charge on any atom is 0.411 e. The number of para-hydroxylation sites is 1.